The number of ether oxygens (including phenoxy) is 1. The van der Waals surface area contributed by atoms with E-state index in [2.05, 4.69) is 21.7 Å². The van der Waals surface area contributed by atoms with Crippen LogP contribution in [-0.2, 0) is 9.53 Å². The fraction of sp³-hybridized carbons (Fsp3) is 0.474. The molecule has 1 aromatic carbocycles. The number of amides is 1. The van der Waals surface area contributed by atoms with Crippen LogP contribution in [0.1, 0.15) is 19.3 Å². The van der Waals surface area contributed by atoms with Gasteiger partial charge in [-0.25, -0.2) is 0 Å². The molecule has 2 aliphatic rings. The van der Waals surface area contributed by atoms with Gasteiger partial charge in [0.2, 0.25) is 5.91 Å². The minimum absolute atomic E-state index is 0. The summed E-state index contributed by atoms with van der Waals surface area (Å²) in [5.41, 5.74) is 2.38. The molecular weight excluding hydrogens is 443 g/mol. The fourth-order valence-electron chi connectivity index (χ4n) is 3.18. The largest absolute Gasteiger partial charge is 0.377 e. The van der Waals surface area contributed by atoms with Crippen LogP contribution in [0, 0.1) is 0 Å². The van der Waals surface area contributed by atoms with Crippen molar-refractivity contribution >= 4 is 41.5 Å². The van der Waals surface area contributed by atoms with Gasteiger partial charge in [-0.05, 0) is 25.0 Å². The lowest BCUT2D eigenvalue weighted by atomic mass is 10.1. The molecule has 0 saturated carbocycles. The summed E-state index contributed by atoms with van der Waals surface area (Å²) in [6.45, 7) is 3.03. The van der Waals surface area contributed by atoms with E-state index in [9.17, 15) is 4.79 Å². The zero-order valence-electron chi connectivity index (χ0n) is 15.1. The van der Waals surface area contributed by atoms with Crippen molar-refractivity contribution in [3.63, 3.8) is 0 Å². The predicted molar refractivity (Wildman–Crippen MR) is 115 cm³/mol. The lowest BCUT2D eigenvalue weighted by Crippen LogP contribution is -2.45. The van der Waals surface area contributed by atoms with Gasteiger partial charge >= 0.3 is 0 Å². The molecule has 1 unspecified atom stereocenters. The van der Waals surface area contributed by atoms with Crippen LogP contribution >= 0.6 is 24.0 Å². The Morgan fingerprint density at radius 2 is 2.15 bits per heavy atom. The number of hydrogen-bond acceptors (Lipinski definition) is 3. The molecule has 3 rings (SSSR count). The van der Waals surface area contributed by atoms with Crippen LogP contribution in [0.4, 0.5) is 5.69 Å². The topological polar surface area (TPSA) is 66.0 Å². The van der Waals surface area contributed by atoms with Crippen molar-refractivity contribution in [3.8, 4) is 0 Å². The molecule has 7 heteroatoms. The molecule has 1 aromatic rings. The maximum Gasteiger partial charge on any atom is 0.229 e. The fourth-order valence-corrected chi connectivity index (χ4v) is 3.18. The molecule has 1 saturated heterocycles. The van der Waals surface area contributed by atoms with Crippen molar-refractivity contribution in [1.82, 2.24) is 10.6 Å². The Hall–Kier alpha value is -1.61. The second-order valence-corrected chi connectivity index (χ2v) is 6.32. The first-order valence-corrected chi connectivity index (χ1v) is 8.84. The average molecular weight is 470 g/mol. The molecular formula is C19H27IN4O2. The summed E-state index contributed by atoms with van der Waals surface area (Å²) in [6, 6.07) is 9.87. The van der Waals surface area contributed by atoms with E-state index in [0.717, 1.165) is 44.2 Å². The number of halogens is 1. The Morgan fingerprint density at radius 3 is 2.85 bits per heavy atom. The van der Waals surface area contributed by atoms with E-state index in [1.165, 1.54) is 5.57 Å². The van der Waals surface area contributed by atoms with Gasteiger partial charge in [-0.2, -0.15) is 0 Å². The highest BCUT2D eigenvalue weighted by molar-refractivity contribution is 14.0. The zero-order chi connectivity index (χ0) is 17.5. The number of benzene rings is 1. The van der Waals surface area contributed by atoms with Crippen molar-refractivity contribution in [3.05, 3.63) is 42.0 Å². The van der Waals surface area contributed by atoms with Gasteiger partial charge in [0.25, 0.3) is 0 Å². The molecule has 1 fully saturated rings. The molecule has 26 heavy (non-hydrogen) atoms. The molecule has 2 aliphatic heterocycles. The van der Waals surface area contributed by atoms with Gasteiger partial charge in [-0.3, -0.25) is 9.79 Å². The minimum atomic E-state index is 0. The number of aliphatic imine (C=N–C) groups is 1. The monoisotopic (exact) mass is 470 g/mol. The SMILES string of the molecule is CN=C(NCCC1=CCOCC1)NC1CC(=O)N(c2ccccc2)C1.I. The first kappa shape index (κ1) is 20.7. The second kappa shape index (κ2) is 10.5. The van der Waals surface area contributed by atoms with Crippen LogP contribution in [-0.4, -0.2) is 51.3 Å². The number of para-hydroxylation sites is 1. The van der Waals surface area contributed by atoms with E-state index in [1.54, 1.807) is 7.05 Å². The number of hydrogen-bond donors (Lipinski definition) is 2. The summed E-state index contributed by atoms with van der Waals surface area (Å²) in [4.78, 5) is 18.4. The van der Waals surface area contributed by atoms with Crippen LogP contribution in [0.5, 0.6) is 0 Å². The van der Waals surface area contributed by atoms with Gasteiger partial charge in [-0.1, -0.05) is 29.8 Å². The molecule has 6 nitrogen and oxygen atoms in total. The molecule has 2 N–H and O–H groups in total. The molecule has 2 heterocycles. The zero-order valence-corrected chi connectivity index (χ0v) is 17.4. The van der Waals surface area contributed by atoms with E-state index in [-0.39, 0.29) is 35.9 Å². The van der Waals surface area contributed by atoms with Crippen LogP contribution in [0.2, 0.25) is 0 Å². The first-order valence-electron chi connectivity index (χ1n) is 8.84. The molecule has 0 radical (unpaired) electrons. The highest BCUT2D eigenvalue weighted by Gasteiger charge is 2.30. The Morgan fingerprint density at radius 1 is 1.35 bits per heavy atom. The van der Waals surface area contributed by atoms with Crippen LogP contribution < -0.4 is 15.5 Å². The highest BCUT2D eigenvalue weighted by Crippen LogP contribution is 2.20. The van der Waals surface area contributed by atoms with Crippen LogP contribution in [0.15, 0.2) is 47.0 Å². The number of nitrogens with zero attached hydrogens (tertiary/aromatic N) is 2. The third-order valence-corrected chi connectivity index (χ3v) is 4.55. The Labute approximate surface area is 172 Å². The average Bonchev–Trinajstić information content (AvgIpc) is 3.02. The summed E-state index contributed by atoms with van der Waals surface area (Å²) in [5, 5.41) is 6.71. The number of anilines is 1. The van der Waals surface area contributed by atoms with Gasteiger partial charge in [-0.15, -0.1) is 24.0 Å². The van der Waals surface area contributed by atoms with E-state index in [4.69, 9.17) is 4.74 Å². The van der Waals surface area contributed by atoms with Gasteiger partial charge in [0.05, 0.1) is 19.3 Å². The predicted octanol–water partition coefficient (Wildman–Crippen LogP) is 2.31. The van der Waals surface area contributed by atoms with Gasteiger partial charge in [0.15, 0.2) is 5.96 Å². The molecule has 0 spiro atoms. The number of guanidine groups is 1. The lowest BCUT2D eigenvalue weighted by molar-refractivity contribution is -0.117. The molecule has 0 aromatic heterocycles. The van der Waals surface area contributed by atoms with Crippen molar-refractivity contribution in [1.29, 1.82) is 0 Å². The summed E-state index contributed by atoms with van der Waals surface area (Å²) < 4.78 is 5.32. The third kappa shape index (κ3) is 5.70. The third-order valence-electron chi connectivity index (χ3n) is 4.55. The van der Waals surface area contributed by atoms with Crippen molar-refractivity contribution in [2.75, 3.05) is 38.3 Å². The maximum absolute atomic E-state index is 12.3. The van der Waals surface area contributed by atoms with E-state index < -0.39 is 0 Å². The Kier molecular flexibility index (Phi) is 8.37. The van der Waals surface area contributed by atoms with Crippen LogP contribution in [0.3, 0.4) is 0 Å². The van der Waals surface area contributed by atoms with E-state index >= 15 is 0 Å². The normalized spacial score (nSPS) is 20.4. The minimum Gasteiger partial charge on any atom is -0.377 e. The van der Waals surface area contributed by atoms with Gasteiger partial charge in [0.1, 0.15) is 0 Å². The quantitative estimate of drug-likeness (QED) is 0.300. The summed E-state index contributed by atoms with van der Waals surface area (Å²) in [7, 11) is 1.76. The standard InChI is InChI=1S/C19H26N4O2.HI/c1-20-19(21-10-7-15-8-11-25-12-9-15)22-16-13-18(24)23(14-16)17-5-3-2-4-6-17;/h2-6,8,16H,7,9-14H2,1H3,(H2,20,21,22);1H. The molecule has 0 aliphatic carbocycles. The van der Waals surface area contributed by atoms with Gasteiger partial charge in [0, 0.05) is 32.2 Å². The molecule has 1 atom stereocenters. The number of carbonyl (C=O) groups excluding carboxylic acids is 1. The maximum atomic E-state index is 12.3. The number of nitrogens with one attached hydrogen (secondary N) is 2. The first-order chi connectivity index (χ1) is 12.3. The van der Waals surface area contributed by atoms with Crippen molar-refractivity contribution in [2.45, 2.75) is 25.3 Å². The van der Waals surface area contributed by atoms with Gasteiger partial charge < -0.3 is 20.3 Å². The van der Waals surface area contributed by atoms with Crippen molar-refractivity contribution < 1.29 is 9.53 Å². The lowest BCUT2D eigenvalue weighted by Gasteiger charge is -2.19. The molecule has 0 bridgehead atoms. The number of rotatable bonds is 5. The van der Waals surface area contributed by atoms with E-state index in [0.29, 0.717) is 13.0 Å². The van der Waals surface area contributed by atoms with Crippen LogP contribution in [0.25, 0.3) is 0 Å². The Balaban J connectivity index is 0.00000243. The summed E-state index contributed by atoms with van der Waals surface area (Å²) in [5.74, 6) is 0.895. The highest BCUT2D eigenvalue weighted by atomic mass is 127. The van der Waals surface area contributed by atoms with E-state index in [1.807, 2.05) is 35.2 Å². The number of carbonyl (C=O) groups is 1. The summed E-state index contributed by atoms with van der Waals surface area (Å²) >= 11 is 0. The summed E-state index contributed by atoms with van der Waals surface area (Å²) in [6.07, 6.45) is 4.65. The second-order valence-electron chi connectivity index (χ2n) is 6.32. The Bertz CT molecular complexity index is 648. The smallest absolute Gasteiger partial charge is 0.229 e. The van der Waals surface area contributed by atoms with Crippen molar-refractivity contribution in [2.24, 2.45) is 4.99 Å². The molecule has 142 valence electrons. The molecule has 1 amide bonds.